The fraction of sp³-hybridized carbons (Fsp3) is 0.385. The van der Waals surface area contributed by atoms with Gasteiger partial charge in [0, 0.05) is 19.2 Å². The van der Waals surface area contributed by atoms with Crippen LogP contribution >= 0.6 is 23.4 Å². The fourth-order valence-corrected chi connectivity index (χ4v) is 2.00. The van der Waals surface area contributed by atoms with Crippen LogP contribution in [-0.2, 0) is 9.59 Å². The van der Waals surface area contributed by atoms with Crippen LogP contribution in [-0.4, -0.2) is 42.3 Å². The molecule has 0 fully saturated rings. The number of nitrogens with one attached hydrogen (secondary N) is 1. The van der Waals surface area contributed by atoms with Gasteiger partial charge in [-0.25, -0.2) is 0 Å². The van der Waals surface area contributed by atoms with Crippen LogP contribution in [0.25, 0.3) is 0 Å². The Balaban J connectivity index is 2.47. The second kappa shape index (κ2) is 8.07. The molecule has 104 valence electrons. The summed E-state index contributed by atoms with van der Waals surface area (Å²) in [5.41, 5.74) is 0.555. The van der Waals surface area contributed by atoms with Gasteiger partial charge in [-0.05, 0) is 18.4 Å². The highest BCUT2D eigenvalue weighted by molar-refractivity contribution is 7.98. The third kappa shape index (κ3) is 5.53. The van der Waals surface area contributed by atoms with E-state index < -0.39 is 0 Å². The van der Waals surface area contributed by atoms with E-state index in [0.29, 0.717) is 17.1 Å². The number of benzene rings is 1. The Morgan fingerprint density at radius 3 is 2.68 bits per heavy atom. The van der Waals surface area contributed by atoms with Gasteiger partial charge in [0.05, 0.1) is 17.3 Å². The molecule has 0 aliphatic carbocycles. The zero-order valence-corrected chi connectivity index (χ0v) is 12.6. The Labute approximate surface area is 122 Å². The van der Waals surface area contributed by atoms with Gasteiger partial charge in [0.2, 0.25) is 11.8 Å². The molecule has 0 aromatic heterocycles. The second-order valence-corrected chi connectivity index (χ2v) is 5.41. The van der Waals surface area contributed by atoms with Crippen molar-refractivity contribution >= 4 is 40.9 Å². The Hall–Kier alpha value is -1.20. The van der Waals surface area contributed by atoms with Crippen LogP contribution in [0.15, 0.2) is 24.3 Å². The third-order valence-electron chi connectivity index (χ3n) is 2.47. The lowest BCUT2D eigenvalue weighted by Crippen LogP contribution is -2.35. The van der Waals surface area contributed by atoms with Gasteiger partial charge in [-0.2, -0.15) is 11.8 Å². The number of anilines is 1. The Kier molecular flexibility index (Phi) is 6.73. The first-order chi connectivity index (χ1) is 9.04. The van der Waals surface area contributed by atoms with Gasteiger partial charge < -0.3 is 10.2 Å². The van der Waals surface area contributed by atoms with Gasteiger partial charge >= 0.3 is 0 Å². The minimum absolute atomic E-state index is 0.0262. The van der Waals surface area contributed by atoms with Crippen molar-refractivity contribution in [1.29, 1.82) is 0 Å². The smallest absolute Gasteiger partial charge is 0.244 e. The minimum atomic E-state index is -0.256. The number of hydrogen-bond donors (Lipinski definition) is 1. The lowest BCUT2D eigenvalue weighted by molar-refractivity contribution is -0.132. The topological polar surface area (TPSA) is 49.4 Å². The number of halogens is 1. The number of para-hydroxylation sites is 1. The summed E-state index contributed by atoms with van der Waals surface area (Å²) in [4.78, 5) is 24.9. The maximum absolute atomic E-state index is 11.8. The second-order valence-electron chi connectivity index (χ2n) is 4.02. The molecule has 0 radical (unpaired) electrons. The number of amides is 2. The van der Waals surface area contributed by atoms with E-state index in [1.54, 1.807) is 43.1 Å². The van der Waals surface area contributed by atoms with Gasteiger partial charge in [-0.1, -0.05) is 23.7 Å². The van der Waals surface area contributed by atoms with E-state index in [9.17, 15) is 9.59 Å². The average molecular weight is 301 g/mol. The molecule has 1 aromatic rings. The standard InChI is InChI=1S/C13H17ClN2O2S/c1-16(13(18)7-8-19-2)9-12(17)15-11-6-4-3-5-10(11)14/h3-6H,7-9H2,1-2H3,(H,15,17). The molecule has 0 aliphatic heterocycles. The van der Waals surface area contributed by atoms with Gasteiger partial charge in [-0.15, -0.1) is 0 Å². The monoisotopic (exact) mass is 300 g/mol. The van der Waals surface area contributed by atoms with Crippen molar-refractivity contribution in [2.45, 2.75) is 6.42 Å². The first-order valence-electron chi connectivity index (χ1n) is 5.82. The van der Waals surface area contributed by atoms with Crippen LogP contribution in [0.5, 0.6) is 0 Å². The summed E-state index contributed by atoms with van der Waals surface area (Å²) in [6.45, 7) is 0.0262. The fourth-order valence-electron chi connectivity index (χ4n) is 1.44. The zero-order valence-electron chi connectivity index (χ0n) is 11.0. The van der Waals surface area contributed by atoms with Crippen molar-refractivity contribution < 1.29 is 9.59 Å². The average Bonchev–Trinajstić information content (AvgIpc) is 2.38. The van der Waals surface area contributed by atoms with E-state index in [2.05, 4.69) is 5.32 Å². The quantitative estimate of drug-likeness (QED) is 0.878. The lowest BCUT2D eigenvalue weighted by atomic mass is 10.3. The van der Waals surface area contributed by atoms with Crippen LogP contribution in [0.4, 0.5) is 5.69 Å². The largest absolute Gasteiger partial charge is 0.336 e. The van der Waals surface area contributed by atoms with Gasteiger partial charge in [0.25, 0.3) is 0 Å². The number of hydrogen-bond acceptors (Lipinski definition) is 3. The van der Waals surface area contributed by atoms with E-state index in [-0.39, 0.29) is 18.4 Å². The van der Waals surface area contributed by atoms with Crippen molar-refractivity contribution in [2.24, 2.45) is 0 Å². The first kappa shape index (κ1) is 15.9. The summed E-state index contributed by atoms with van der Waals surface area (Å²) in [6, 6.07) is 6.99. The van der Waals surface area contributed by atoms with Crippen molar-refractivity contribution in [3.8, 4) is 0 Å². The molecule has 0 aliphatic rings. The van der Waals surface area contributed by atoms with E-state index in [1.807, 2.05) is 6.26 Å². The summed E-state index contributed by atoms with van der Waals surface area (Å²) in [5, 5.41) is 3.16. The molecule has 0 atom stereocenters. The van der Waals surface area contributed by atoms with Gasteiger partial charge in [0.15, 0.2) is 0 Å². The van der Waals surface area contributed by atoms with Crippen LogP contribution < -0.4 is 5.32 Å². The highest BCUT2D eigenvalue weighted by atomic mass is 35.5. The van der Waals surface area contributed by atoms with Crippen molar-refractivity contribution in [3.63, 3.8) is 0 Å². The molecule has 1 aromatic carbocycles. The van der Waals surface area contributed by atoms with E-state index >= 15 is 0 Å². The highest BCUT2D eigenvalue weighted by Crippen LogP contribution is 2.20. The summed E-state index contributed by atoms with van der Waals surface area (Å²) < 4.78 is 0. The zero-order chi connectivity index (χ0) is 14.3. The lowest BCUT2D eigenvalue weighted by Gasteiger charge is -2.16. The number of carbonyl (C=O) groups excluding carboxylic acids is 2. The van der Waals surface area contributed by atoms with E-state index in [4.69, 9.17) is 11.6 Å². The molecule has 0 heterocycles. The number of thioether (sulfide) groups is 1. The predicted molar refractivity (Wildman–Crippen MR) is 80.7 cm³/mol. The highest BCUT2D eigenvalue weighted by Gasteiger charge is 2.13. The van der Waals surface area contributed by atoms with E-state index in [1.165, 1.54) is 4.90 Å². The Morgan fingerprint density at radius 1 is 1.37 bits per heavy atom. The Bertz CT molecular complexity index is 454. The molecule has 1 N–H and O–H groups in total. The van der Waals surface area contributed by atoms with Gasteiger partial charge in [-0.3, -0.25) is 9.59 Å². The molecule has 0 bridgehead atoms. The first-order valence-corrected chi connectivity index (χ1v) is 7.59. The molecule has 19 heavy (non-hydrogen) atoms. The van der Waals surface area contributed by atoms with Crippen LogP contribution in [0, 0.1) is 0 Å². The minimum Gasteiger partial charge on any atom is -0.336 e. The number of likely N-dealkylation sites (N-methyl/N-ethyl adjacent to an activating group) is 1. The molecule has 4 nitrogen and oxygen atoms in total. The van der Waals surface area contributed by atoms with Crippen LogP contribution in [0.3, 0.4) is 0 Å². The number of rotatable bonds is 6. The summed E-state index contributed by atoms with van der Waals surface area (Å²) in [7, 11) is 1.62. The third-order valence-corrected chi connectivity index (χ3v) is 3.42. The van der Waals surface area contributed by atoms with E-state index in [0.717, 1.165) is 5.75 Å². The maximum atomic E-state index is 11.8. The van der Waals surface area contributed by atoms with Crippen molar-refractivity contribution in [2.75, 3.05) is 30.9 Å². The van der Waals surface area contributed by atoms with Crippen molar-refractivity contribution in [3.05, 3.63) is 29.3 Å². The molecule has 0 saturated carbocycles. The van der Waals surface area contributed by atoms with Crippen molar-refractivity contribution in [1.82, 2.24) is 4.90 Å². The normalized spacial score (nSPS) is 10.1. The summed E-state index contributed by atoms with van der Waals surface area (Å²) >= 11 is 7.54. The molecular formula is C13H17ClN2O2S. The molecule has 1 rings (SSSR count). The Morgan fingerprint density at radius 2 is 2.05 bits per heavy atom. The molecule has 0 saturated heterocycles. The molecule has 6 heteroatoms. The van der Waals surface area contributed by atoms with Crippen LogP contribution in [0.1, 0.15) is 6.42 Å². The number of carbonyl (C=O) groups is 2. The SMILES string of the molecule is CSCCC(=O)N(C)CC(=O)Nc1ccccc1Cl. The summed E-state index contributed by atoms with van der Waals surface area (Å²) in [6.07, 6.45) is 2.38. The number of nitrogens with zero attached hydrogens (tertiary/aromatic N) is 1. The molecule has 0 unspecified atom stereocenters. The molecule has 2 amide bonds. The maximum Gasteiger partial charge on any atom is 0.244 e. The molecular weight excluding hydrogens is 284 g/mol. The summed E-state index contributed by atoms with van der Waals surface area (Å²) in [5.74, 6) is 0.465. The van der Waals surface area contributed by atoms with Gasteiger partial charge in [0.1, 0.15) is 0 Å². The molecule has 0 spiro atoms. The predicted octanol–water partition coefficient (Wildman–Crippen LogP) is 2.49. The van der Waals surface area contributed by atoms with Crippen LogP contribution in [0.2, 0.25) is 5.02 Å².